The van der Waals surface area contributed by atoms with E-state index in [1.807, 2.05) is 13.8 Å². The van der Waals surface area contributed by atoms with Gasteiger partial charge in [-0.05, 0) is 34.1 Å². The Labute approximate surface area is 90.9 Å². The second kappa shape index (κ2) is 4.94. The van der Waals surface area contributed by atoms with Crippen LogP contribution >= 0.6 is 0 Å². The van der Waals surface area contributed by atoms with E-state index < -0.39 is 5.79 Å². The summed E-state index contributed by atoms with van der Waals surface area (Å²) < 4.78 is 16.2. The van der Waals surface area contributed by atoms with E-state index in [2.05, 4.69) is 0 Å². The van der Waals surface area contributed by atoms with Crippen LogP contribution in [0, 0.1) is 0 Å². The molecule has 2 unspecified atom stereocenters. The van der Waals surface area contributed by atoms with E-state index in [-0.39, 0.29) is 24.6 Å². The molecule has 15 heavy (non-hydrogen) atoms. The Bertz CT molecular complexity index is 217. The zero-order valence-electron chi connectivity index (χ0n) is 9.91. The smallest absolute Gasteiger partial charge is 0.311 e. The van der Waals surface area contributed by atoms with Crippen LogP contribution < -0.4 is 0 Å². The lowest BCUT2D eigenvalue weighted by molar-refractivity contribution is -0.303. The van der Waals surface area contributed by atoms with Crippen LogP contribution in [-0.4, -0.2) is 30.6 Å². The molecular weight excluding hydrogens is 196 g/mol. The summed E-state index contributed by atoms with van der Waals surface area (Å²) in [6.45, 7) is 7.94. The Morgan fingerprint density at radius 2 is 1.93 bits per heavy atom. The van der Waals surface area contributed by atoms with Gasteiger partial charge in [-0.2, -0.15) is 0 Å². The highest BCUT2D eigenvalue weighted by molar-refractivity contribution is 5.70. The summed E-state index contributed by atoms with van der Waals surface area (Å²) in [5.41, 5.74) is 0. The molecule has 1 heterocycles. The van der Waals surface area contributed by atoms with Crippen molar-refractivity contribution in [2.45, 2.75) is 58.5 Å². The molecule has 1 rings (SSSR count). The molecule has 88 valence electrons. The number of carbonyl (C=O) groups excluding carboxylic acids is 1. The van der Waals surface area contributed by atoms with E-state index in [4.69, 9.17) is 14.2 Å². The fourth-order valence-corrected chi connectivity index (χ4v) is 2.00. The number of rotatable bonds is 3. The lowest BCUT2D eigenvalue weighted by Gasteiger charge is -2.40. The van der Waals surface area contributed by atoms with Crippen molar-refractivity contribution in [1.29, 1.82) is 0 Å². The molecule has 0 spiro atoms. The Morgan fingerprint density at radius 1 is 1.40 bits per heavy atom. The Hall–Kier alpha value is -0.610. The molecule has 1 saturated heterocycles. The topological polar surface area (TPSA) is 44.8 Å². The molecule has 0 aromatic carbocycles. The maximum Gasteiger partial charge on any atom is 0.311 e. The first-order chi connectivity index (χ1) is 6.95. The standard InChI is InChI=1S/C11H20O4/c1-5-13-10(12)7-11(4)14-8(2)6-9(3)15-11/h8-9H,5-7H2,1-4H3. The van der Waals surface area contributed by atoms with E-state index in [9.17, 15) is 4.79 Å². The SMILES string of the molecule is CCOC(=O)CC1(C)OC(C)CC(C)O1. The lowest BCUT2D eigenvalue weighted by Crippen LogP contribution is -2.46. The van der Waals surface area contributed by atoms with Gasteiger partial charge >= 0.3 is 5.97 Å². The predicted molar refractivity (Wildman–Crippen MR) is 55.4 cm³/mol. The maximum atomic E-state index is 11.3. The quantitative estimate of drug-likeness (QED) is 0.675. The van der Waals surface area contributed by atoms with Crippen LogP contribution in [0.25, 0.3) is 0 Å². The Kier molecular flexibility index (Phi) is 4.11. The molecule has 4 heteroatoms. The van der Waals surface area contributed by atoms with E-state index in [0.29, 0.717) is 6.61 Å². The molecule has 1 aliphatic heterocycles. The summed E-state index contributed by atoms with van der Waals surface area (Å²) >= 11 is 0. The number of esters is 1. The number of carbonyl (C=O) groups is 1. The van der Waals surface area contributed by atoms with Crippen LogP contribution in [0.1, 0.15) is 40.5 Å². The van der Waals surface area contributed by atoms with Crippen LogP contribution in [0.3, 0.4) is 0 Å². The summed E-state index contributed by atoms with van der Waals surface area (Å²) in [7, 11) is 0. The van der Waals surface area contributed by atoms with Crippen molar-refractivity contribution in [3.05, 3.63) is 0 Å². The molecule has 1 aliphatic rings. The lowest BCUT2D eigenvalue weighted by atomic mass is 10.1. The van der Waals surface area contributed by atoms with E-state index >= 15 is 0 Å². The molecule has 4 nitrogen and oxygen atoms in total. The van der Waals surface area contributed by atoms with Gasteiger partial charge in [0.15, 0.2) is 5.79 Å². The molecule has 0 radical (unpaired) electrons. The highest BCUT2D eigenvalue weighted by atomic mass is 16.7. The van der Waals surface area contributed by atoms with Crippen molar-refractivity contribution >= 4 is 5.97 Å². The van der Waals surface area contributed by atoms with Crippen LogP contribution in [0.4, 0.5) is 0 Å². The Morgan fingerprint density at radius 3 is 2.40 bits per heavy atom. The minimum Gasteiger partial charge on any atom is -0.466 e. The van der Waals surface area contributed by atoms with Gasteiger partial charge in [0.2, 0.25) is 0 Å². The monoisotopic (exact) mass is 216 g/mol. The van der Waals surface area contributed by atoms with Crippen molar-refractivity contribution in [2.24, 2.45) is 0 Å². The minimum absolute atomic E-state index is 0.119. The van der Waals surface area contributed by atoms with Gasteiger partial charge < -0.3 is 14.2 Å². The molecular formula is C11H20O4. The second-order valence-corrected chi connectivity index (χ2v) is 4.21. The zero-order valence-corrected chi connectivity index (χ0v) is 9.91. The number of ether oxygens (including phenoxy) is 3. The first-order valence-corrected chi connectivity index (χ1v) is 5.46. The fraction of sp³-hybridized carbons (Fsp3) is 0.909. The summed E-state index contributed by atoms with van der Waals surface area (Å²) in [5.74, 6) is -1.11. The maximum absolute atomic E-state index is 11.3. The van der Waals surface area contributed by atoms with E-state index in [1.165, 1.54) is 0 Å². The largest absolute Gasteiger partial charge is 0.466 e. The highest BCUT2D eigenvalue weighted by Gasteiger charge is 2.38. The molecule has 0 amide bonds. The van der Waals surface area contributed by atoms with Gasteiger partial charge in [-0.3, -0.25) is 4.79 Å². The van der Waals surface area contributed by atoms with Crippen LogP contribution in [0.15, 0.2) is 0 Å². The van der Waals surface area contributed by atoms with Gasteiger partial charge in [-0.1, -0.05) is 0 Å². The normalized spacial score (nSPS) is 36.3. The molecule has 0 aromatic rings. The molecule has 0 aromatic heterocycles. The molecule has 2 atom stereocenters. The van der Waals surface area contributed by atoms with Crippen LogP contribution in [0.2, 0.25) is 0 Å². The van der Waals surface area contributed by atoms with Gasteiger partial charge in [0.05, 0.1) is 25.2 Å². The predicted octanol–water partition coefficient (Wildman–Crippen LogP) is 1.87. The highest BCUT2D eigenvalue weighted by Crippen LogP contribution is 2.29. The van der Waals surface area contributed by atoms with Gasteiger partial charge in [0.1, 0.15) is 0 Å². The van der Waals surface area contributed by atoms with Crippen molar-refractivity contribution < 1.29 is 19.0 Å². The summed E-state index contributed by atoms with van der Waals surface area (Å²) in [5, 5.41) is 0. The fourth-order valence-electron chi connectivity index (χ4n) is 2.00. The van der Waals surface area contributed by atoms with Gasteiger partial charge in [-0.25, -0.2) is 0 Å². The van der Waals surface area contributed by atoms with Gasteiger partial charge in [0.25, 0.3) is 0 Å². The average Bonchev–Trinajstić information content (AvgIpc) is 1.99. The van der Waals surface area contributed by atoms with Crippen LogP contribution in [0.5, 0.6) is 0 Å². The third-order valence-corrected chi connectivity index (χ3v) is 2.34. The summed E-state index contributed by atoms with van der Waals surface area (Å²) in [6.07, 6.45) is 1.25. The first kappa shape index (κ1) is 12.5. The average molecular weight is 216 g/mol. The second-order valence-electron chi connectivity index (χ2n) is 4.21. The van der Waals surface area contributed by atoms with Crippen molar-refractivity contribution in [1.82, 2.24) is 0 Å². The van der Waals surface area contributed by atoms with Gasteiger partial charge in [0, 0.05) is 0 Å². The molecule has 0 saturated carbocycles. The van der Waals surface area contributed by atoms with E-state index in [1.54, 1.807) is 13.8 Å². The third-order valence-electron chi connectivity index (χ3n) is 2.34. The molecule has 1 fully saturated rings. The third kappa shape index (κ3) is 3.80. The number of hydrogen-bond acceptors (Lipinski definition) is 4. The molecule has 0 bridgehead atoms. The van der Waals surface area contributed by atoms with Crippen LogP contribution in [-0.2, 0) is 19.0 Å². The van der Waals surface area contributed by atoms with Gasteiger partial charge in [-0.15, -0.1) is 0 Å². The van der Waals surface area contributed by atoms with Crippen molar-refractivity contribution in [2.75, 3.05) is 6.61 Å². The Balaban J connectivity index is 2.53. The first-order valence-electron chi connectivity index (χ1n) is 5.46. The number of hydrogen-bond donors (Lipinski definition) is 0. The van der Waals surface area contributed by atoms with Crippen molar-refractivity contribution in [3.63, 3.8) is 0 Å². The molecule has 0 N–H and O–H groups in total. The van der Waals surface area contributed by atoms with Crippen molar-refractivity contribution in [3.8, 4) is 0 Å². The molecule has 0 aliphatic carbocycles. The summed E-state index contributed by atoms with van der Waals surface area (Å²) in [6, 6.07) is 0. The summed E-state index contributed by atoms with van der Waals surface area (Å²) in [4.78, 5) is 11.3. The van der Waals surface area contributed by atoms with E-state index in [0.717, 1.165) is 6.42 Å². The minimum atomic E-state index is -0.830. The zero-order chi connectivity index (χ0) is 11.5.